The topological polar surface area (TPSA) is 20.2 Å². The minimum atomic E-state index is -4.59. The lowest BCUT2D eigenvalue weighted by molar-refractivity contribution is -0.245. The van der Waals surface area contributed by atoms with E-state index in [4.69, 9.17) is 0 Å². The van der Waals surface area contributed by atoms with Crippen LogP contribution in [0.2, 0.25) is 0 Å². The minimum absolute atomic E-state index is 0.218. The maximum Gasteiger partial charge on any atom is 0.420 e. The molecular formula is C28H43F3O. The summed E-state index contributed by atoms with van der Waals surface area (Å²) in [5.74, 6) is 2.88. The number of fused-ring (bicyclic) bond motifs is 4. The van der Waals surface area contributed by atoms with Crippen LogP contribution in [0, 0.1) is 34.5 Å². The van der Waals surface area contributed by atoms with Crippen molar-refractivity contribution in [3.05, 3.63) is 22.8 Å². The number of rotatable bonds is 5. The first-order chi connectivity index (χ1) is 14.8. The van der Waals surface area contributed by atoms with E-state index in [1.807, 2.05) is 0 Å². The average Bonchev–Trinajstić information content (AvgIpc) is 3.04. The summed E-state index contributed by atoms with van der Waals surface area (Å²) < 4.78 is 40.5. The Morgan fingerprint density at radius 1 is 1.00 bits per heavy atom. The lowest BCUT2D eigenvalue weighted by atomic mass is 9.52. The molecule has 0 heterocycles. The molecule has 0 amide bonds. The molecule has 0 unspecified atom stereocenters. The Morgan fingerprint density at radius 3 is 2.38 bits per heavy atom. The summed E-state index contributed by atoms with van der Waals surface area (Å²) in [6, 6.07) is 0. The van der Waals surface area contributed by atoms with Crippen LogP contribution >= 0.6 is 0 Å². The van der Waals surface area contributed by atoms with Crippen LogP contribution in [-0.4, -0.2) is 16.9 Å². The summed E-state index contributed by atoms with van der Waals surface area (Å²) in [6.07, 6.45) is 7.04. The van der Waals surface area contributed by atoms with E-state index >= 15 is 0 Å². The molecule has 32 heavy (non-hydrogen) atoms. The fourth-order valence-corrected chi connectivity index (χ4v) is 8.21. The van der Waals surface area contributed by atoms with Gasteiger partial charge in [-0.25, -0.2) is 0 Å². The molecule has 1 saturated carbocycles. The normalized spacial score (nSPS) is 40.6. The van der Waals surface area contributed by atoms with Crippen molar-refractivity contribution in [3.63, 3.8) is 0 Å². The highest BCUT2D eigenvalue weighted by Crippen LogP contribution is 2.66. The van der Waals surface area contributed by atoms with Crippen molar-refractivity contribution < 1.29 is 18.3 Å². The monoisotopic (exact) mass is 452 g/mol. The van der Waals surface area contributed by atoms with Crippen LogP contribution < -0.4 is 0 Å². The predicted molar refractivity (Wildman–Crippen MR) is 124 cm³/mol. The van der Waals surface area contributed by atoms with E-state index in [0.717, 1.165) is 36.2 Å². The number of allylic oxidation sites excluding steroid dienone is 3. The van der Waals surface area contributed by atoms with Crippen LogP contribution in [0.3, 0.4) is 0 Å². The zero-order valence-corrected chi connectivity index (χ0v) is 20.7. The van der Waals surface area contributed by atoms with E-state index in [9.17, 15) is 18.3 Å². The first-order valence-electron chi connectivity index (χ1n) is 13.1. The van der Waals surface area contributed by atoms with Gasteiger partial charge in [0, 0.05) is 5.41 Å². The summed E-state index contributed by atoms with van der Waals surface area (Å²) >= 11 is 0. The third kappa shape index (κ3) is 3.81. The second-order valence-electron chi connectivity index (χ2n) is 12.5. The second kappa shape index (κ2) is 8.17. The highest BCUT2D eigenvalue weighted by molar-refractivity contribution is 5.44. The molecule has 6 atom stereocenters. The van der Waals surface area contributed by atoms with E-state index < -0.39 is 11.8 Å². The van der Waals surface area contributed by atoms with Crippen molar-refractivity contribution in [2.75, 3.05) is 0 Å². The standard InChI is InChI=1S/C28H43F3O/c1-18(2)7-6-8-19(3)22-11-12-23-21-10-9-20-17-27(32,28(29,30)31)16-15-25(20,4)24(21)13-14-26(22,23)5/h17-19,22-23,32H,6-16H2,1-5H3/t19-,22-,23+,25+,26-,27+/m1/s1. The lowest BCUT2D eigenvalue weighted by Crippen LogP contribution is -2.49. The molecule has 182 valence electrons. The molecule has 4 heteroatoms. The van der Waals surface area contributed by atoms with E-state index in [1.165, 1.54) is 50.2 Å². The summed E-state index contributed by atoms with van der Waals surface area (Å²) in [5, 5.41) is 10.3. The molecule has 1 fully saturated rings. The van der Waals surface area contributed by atoms with E-state index in [1.54, 1.807) is 5.57 Å². The molecule has 1 N–H and O–H groups in total. The highest BCUT2D eigenvalue weighted by atomic mass is 19.4. The SMILES string of the molecule is CC(C)CCC[C@@H](C)[C@H]1CC[C@H]2C3=C(CC[C@]12C)[C@@]1(C)CC[C@@](O)(C(F)(F)F)C=C1CC3. The maximum atomic E-state index is 13.5. The van der Waals surface area contributed by atoms with Gasteiger partial charge in [0.2, 0.25) is 0 Å². The third-order valence-electron chi connectivity index (χ3n) is 10.2. The van der Waals surface area contributed by atoms with Crippen molar-refractivity contribution in [1.82, 2.24) is 0 Å². The number of hydrogen-bond donors (Lipinski definition) is 1. The smallest absolute Gasteiger partial charge is 0.377 e. The van der Waals surface area contributed by atoms with Gasteiger partial charge < -0.3 is 5.11 Å². The van der Waals surface area contributed by atoms with Gasteiger partial charge in [-0.2, -0.15) is 13.2 Å². The van der Waals surface area contributed by atoms with Crippen LogP contribution in [0.4, 0.5) is 13.2 Å². The second-order valence-corrected chi connectivity index (χ2v) is 12.5. The van der Waals surface area contributed by atoms with Crippen molar-refractivity contribution in [2.45, 2.75) is 117 Å². The van der Waals surface area contributed by atoms with Gasteiger partial charge in [-0.05, 0) is 86.5 Å². The summed E-state index contributed by atoms with van der Waals surface area (Å²) in [5.41, 5.74) is 1.28. The molecule has 4 aliphatic rings. The van der Waals surface area contributed by atoms with Crippen molar-refractivity contribution in [1.29, 1.82) is 0 Å². The third-order valence-corrected chi connectivity index (χ3v) is 10.2. The van der Waals surface area contributed by atoms with Crippen LogP contribution in [0.5, 0.6) is 0 Å². The van der Waals surface area contributed by atoms with E-state index in [-0.39, 0.29) is 11.8 Å². The Morgan fingerprint density at radius 2 is 1.72 bits per heavy atom. The maximum absolute atomic E-state index is 13.5. The van der Waals surface area contributed by atoms with Crippen LogP contribution in [-0.2, 0) is 0 Å². The van der Waals surface area contributed by atoms with Gasteiger partial charge >= 0.3 is 6.18 Å². The van der Waals surface area contributed by atoms with Crippen LogP contribution in [0.15, 0.2) is 22.8 Å². The molecule has 0 aromatic heterocycles. The Labute approximate surface area is 192 Å². The summed E-state index contributed by atoms with van der Waals surface area (Å²) in [4.78, 5) is 0. The Balaban J connectivity index is 1.58. The minimum Gasteiger partial charge on any atom is -0.377 e. The fraction of sp³-hybridized carbons (Fsp3) is 0.857. The zero-order chi connectivity index (χ0) is 23.5. The largest absolute Gasteiger partial charge is 0.420 e. The van der Waals surface area contributed by atoms with Crippen molar-refractivity contribution in [2.24, 2.45) is 34.5 Å². The first-order valence-corrected chi connectivity index (χ1v) is 13.1. The lowest BCUT2D eigenvalue weighted by Gasteiger charge is -2.53. The fourth-order valence-electron chi connectivity index (χ4n) is 8.21. The molecule has 0 aromatic carbocycles. The molecule has 0 aliphatic heterocycles. The first kappa shape index (κ1) is 24.4. The number of halogens is 3. The summed E-state index contributed by atoms with van der Waals surface area (Å²) in [6.45, 7) is 11.8. The van der Waals surface area contributed by atoms with Gasteiger partial charge in [-0.3, -0.25) is 0 Å². The van der Waals surface area contributed by atoms with E-state index in [0.29, 0.717) is 24.2 Å². The van der Waals surface area contributed by atoms with Gasteiger partial charge in [0.1, 0.15) is 0 Å². The number of hydrogen-bond acceptors (Lipinski definition) is 1. The van der Waals surface area contributed by atoms with Gasteiger partial charge in [0.15, 0.2) is 5.60 Å². The van der Waals surface area contributed by atoms with Gasteiger partial charge in [-0.1, -0.05) is 70.6 Å². The number of aliphatic hydroxyl groups is 1. The van der Waals surface area contributed by atoms with Gasteiger partial charge in [-0.15, -0.1) is 0 Å². The molecular weight excluding hydrogens is 409 g/mol. The Kier molecular flexibility index (Phi) is 6.22. The Bertz CT molecular complexity index is 793. The quantitative estimate of drug-likeness (QED) is 0.415. The molecule has 1 nitrogen and oxygen atoms in total. The Hall–Kier alpha value is -0.770. The van der Waals surface area contributed by atoms with Gasteiger partial charge in [0.25, 0.3) is 0 Å². The van der Waals surface area contributed by atoms with Crippen molar-refractivity contribution >= 4 is 0 Å². The number of alkyl halides is 3. The molecule has 0 aromatic rings. The molecule has 0 radical (unpaired) electrons. The molecule has 0 saturated heterocycles. The van der Waals surface area contributed by atoms with Crippen LogP contribution in [0.1, 0.15) is 105 Å². The van der Waals surface area contributed by atoms with Crippen LogP contribution in [0.25, 0.3) is 0 Å². The molecule has 0 spiro atoms. The molecule has 4 rings (SSSR count). The van der Waals surface area contributed by atoms with E-state index in [2.05, 4.69) is 34.6 Å². The average molecular weight is 453 g/mol. The molecule has 0 bridgehead atoms. The van der Waals surface area contributed by atoms with Crippen molar-refractivity contribution in [3.8, 4) is 0 Å². The summed E-state index contributed by atoms with van der Waals surface area (Å²) in [7, 11) is 0. The predicted octanol–water partition coefficient (Wildman–Crippen LogP) is 8.39. The van der Waals surface area contributed by atoms with Gasteiger partial charge in [0.05, 0.1) is 0 Å². The highest BCUT2D eigenvalue weighted by Gasteiger charge is 2.59. The zero-order valence-electron chi connectivity index (χ0n) is 20.7. The molecule has 4 aliphatic carbocycles.